The van der Waals surface area contributed by atoms with Crippen LogP contribution in [0.1, 0.15) is 0 Å². The van der Waals surface area contributed by atoms with Crippen molar-refractivity contribution < 1.29 is 13.9 Å². The van der Waals surface area contributed by atoms with Crippen molar-refractivity contribution >= 4 is 39.5 Å². The lowest BCUT2D eigenvalue weighted by atomic mass is 10.1. The number of benzene rings is 3. The Hall–Kier alpha value is -3.05. The van der Waals surface area contributed by atoms with Crippen molar-refractivity contribution in [1.29, 1.82) is 0 Å². The van der Waals surface area contributed by atoms with E-state index in [1.165, 1.54) is 17.8 Å². The van der Waals surface area contributed by atoms with Crippen LogP contribution in [0.2, 0.25) is 0 Å². The van der Waals surface area contributed by atoms with E-state index in [0.29, 0.717) is 11.3 Å². The van der Waals surface area contributed by atoms with E-state index in [4.69, 9.17) is 9.15 Å². The zero-order chi connectivity index (χ0) is 17.9. The predicted molar refractivity (Wildman–Crippen MR) is 103 cm³/mol. The molecule has 3 aromatic carbocycles. The number of rotatable bonds is 4. The largest absolute Gasteiger partial charge is 0.426 e. The normalized spacial score (nSPS) is 10.9. The van der Waals surface area contributed by atoms with E-state index in [1.807, 2.05) is 30.3 Å². The molecule has 0 saturated carbocycles. The first-order valence-corrected chi connectivity index (χ1v) is 9.02. The lowest BCUT2D eigenvalue weighted by molar-refractivity contribution is -0.131. The standard InChI is InChI=1S/C21H14O4S/c22-20-10-7-15-5-8-17(12-19(15)25-20)24-21(23)13-26-18-9-6-14-3-1-2-4-16(14)11-18/h1-12H,13H2. The third-order valence-corrected chi connectivity index (χ3v) is 4.87. The van der Waals surface area contributed by atoms with E-state index in [-0.39, 0.29) is 11.7 Å². The molecule has 0 fully saturated rings. The van der Waals surface area contributed by atoms with Gasteiger partial charge in [-0.25, -0.2) is 4.79 Å². The maximum atomic E-state index is 12.1. The molecule has 0 atom stereocenters. The minimum Gasteiger partial charge on any atom is -0.426 e. The highest BCUT2D eigenvalue weighted by atomic mass is 32.2. The molecule has 0 aliphatic heterocycles. The Balaban J connectivity index is 1.44. The van der Waals surface area contributed by atoms with E-state index in [0.717, 1.165) is 21.1 Å². The van der Waals surface area contributed by atoms with Crippen LogP contribution in [-0.4, -0.2) is 11.7 Å². The summed E-state index contributed by atoms with van der Waals surface area (Å²) in [6, 6.07) is 22.2. The molecule has 0 radical (unpaired) electrons. The Morgan fingerprint density at radius 2 is 1.65 bits per heavy atom. The quantitative estimate of drug-likeness (QED) is 0.229. The highest BCUT2D eigenvalue weighted by molar-refractivity contribution is 8.00. The summed E-state index contributed by atoms with van der Waals surface area (Å²) in [5.41, 5.74) is -0.0437. The maximum absolute atomic E-state index is 12.1. The van der Waals surface area contributed by atoms with Crippen molar-refractivity contribution in [2.75, 3.05) is 5.75 Å². The van der Waals surface area contributed by atoms with Crippen LogP contribution in [0, 0.1) is 0 Å². The molecule has 0 aliphatic carbocycles. The number of ether oxygens (including phenoxy) is 1. The fraction of sp³-hybridized carbons (Fsp3) is 0.0476. The van der Waals surface area contributed by atoms with E-state index in [2.05, 4.69) is 12.1 Å². The van der Waals surface area contributed by atoms with Gasteiger partial charge < -0.3 is 9.15 Å². The van der Waals surface area contributed by atoms with Gasteiger partial charge in [-0.3, -0.25) is 4.79 Å². The van der Waals surface area contributed by atoms with Gasteiger partial charge in [0, 0.05) is 22.4 Å². The number of thioether (sulfide) groups is 1. The molecule has 26 heavy (non-hydrogen) atoms. The fourth-order valence-electron chi connectivity index (χ4n) is 2.66. The Morgan fingerprint density at radius 1 is 0.885 bits per heavy atom. The molecule has 0 spiro atoms. The topological polar surface area (TPSA) is 56.5 Å². The number of esters is 1. The van der Waals surface area contributed by atoms with Gasteiger partial charge in [0.05, 0.1) is 5.75 Å². The number of fused-ring (bicyclic) bond motifs is 2. The molecule has 128 valence electrons. The van der Waals surface area contributed by atoms with E-state index >= 15 is 0 Å². The van der Waals surface area contributed by atoms with Gasteiger partial charge in [0.1, 0.15) is 11.3 Å². The molecule has 0 bridgehead atoms. The molecule has 1 heterocycles. The van der Waals surface area contributed by atoms with Crippen LogP contribution in [0.15, 0.2) is 86.9 Å². The Bertz CT molecular complexity index is 1160. The van der Waals surface area contributed by atoms with E-state index in [9.17, 15) is 9.59 Å². The minimum absolute atomic E-state index is 0.190. The average Bonchev–Trinajstić information content (AvgIpc) is 2.66. The first-order chi connectivity index (χ1) is 12.7. The van der Waals surface area contributed by atoms with Gasteiger partial charge >= 0.3 is 11.6 Å². The Labute approximate surface area is 153 Å². The molecular formula is C21H14O4S. The molecule has 4 nitrogen and oxygen atoms in total. The smallest absolute Gasteiger partial charge is 0.336 e. The highest BCUT2D eigenvalue weighted by Gasteiger charge is 2.08. The molecule has 1 aromatic heterocycles. The van der Waals surface area contributed by atoms with Crippen LogP contribution in [0.5, 0.6) is 5.75 Å². The first kappa shape index (κ1) is 16.4. The second-order valence-electron chi connectivity index (χ2n) is 5.73. The van der Waals surface area contributed by atoms with E-state index < -0.39 is 5.63 Å². The van der Waals surface area contributed by atoms with Crippen molar-refractivity contribution in [2.45, 2.75) is 4.90 Å². The number of carbonyl (C=O) groups excluding carboxylic acids is 1. The van der Waals surface area contributed by atoms with Gasteiger partial charge in [-0.2, -0.15) is 0 Å². The number of carbonyl (C=O) groups is 1. The Kier molecular flexibility index (Phi) is 4.46. The highest BCUT2D eigenvalue weighted by Crippen LogP contribution is 2.24. The SMILES string of the molecule is O=C(CSc1ccc2ccccc2c1)Oc1ccc2ccc(=O)oc2c1. The lowest BCUT2D eigenvalue weighted by Gasteiger charge is -2.06. The van der Waals surface area contributed by atoms with Crippen LogP contribution in [0.3, 0.4) is 0 Å². The van der Waals surface area contributed by atoms with Crippen molar-refractivity contribution in [1.82, 2.24) is 0 Å². The van der Waals surface area contributed by atoms with Gasteiger partial charge in [-0.05, 0) is 41.1 Å². The van der Waals surface area contributed by atoms with Crippen LogP contribution in [0.4, 0.5) is 0 Å². The van der Waals surface area contributed by atoms with E-state index in [1.54, 1.807) is 24.3 Å². The third kappa shape index (κ3) is 3.63. The number of hydrogen-bond acceptors (Lipinski definition) is 5. The number of hydrogen-bond donors (Lipinski definition) is 0. The summed E-state index contributed by atoms with van der Waals surface area (Å²) < 4.78 is 10.5. The van der Waals surface area contributed by atoms with Crippen LogP contribution in [0.25, 0.3) is 21.7 Å². The summed E-state index contributed by atoms with van der Waals surface area (Å²) in [5, 5.41) is 3.07. The summed E-state index contributed by atoms with van der Waals surface area (Å²) in [6.07, 6.45) is 0. The van der Waals surface area contributed by atoms with Gasteiger partial charge in [-0.15, -0.1) is 11.8 Å². The summed E-state index contributed by atoms with van der Waals surface area (Å²) in [7, 11) is 0. The first-order valence-electron chi connectivity index (χ1n) is 8.04. The summed E-state index contributed by atoms with van der Waals surface area (Å²) in [4.78, 5) is 24.4. The summed E-state index contributed by atoms with van der Waals surface area (Å²) >= 11 is 1.42. The molecule has 0 aliphatic rings. The maximum Gasteiger partial charge on any atom is 0.336 e. The molecule has 4 rings (SSSR count). The van der Waals surface area contributed by atoms with Gasteiger partial charge in [0.15, 0.2) is 0 Å². The monoisotopic (exact) mass is 362 g/mol. The van der Waals surface area contributed by atoms with Crippen LogP contribution >= 0.6 is 11.8 Å². The van der Waals surface area contributed by atoms with Gasteiger partial charge in [0.25, 0.3) is 0 Å². The predicted octanol–water partition coefficient (Wildman–Crippen LogP) is 4.64. The van der Waals surface area contributed by atoms with Crippen molar-refractivity contribution in [3.63, 3.8) is 0 Å². The molecule has 4 aromatic rings. The summed E-state index contributed by atoms with van der Waals surface area (Å²) in [5.74, 6) is 0.187. The lowest BCUT2D eigenvalue weighted by Crippen LogP contribution is -2.10. The molecule has 0 amide bonds. The Morgan fingerprint density at radius 3 is 2.54 bits per heavy atom. The molecule has 0 unspecified atom stereocenters. The van der Waals surface area contributed by atoms with Crippen molar-refractivity contribution in [2.24, 2.45) is 0 Å². The second-order valence-corrected chi connectivity index (χ2v) is 6.77. The molecule has 5 heteroatoms. The van der Waals surface area contributed by atoms with Crippen molar-refractivity contribution in [3.05, 3.63) is 83.2 Å². The third-order valence-electron chi connectivity index (χ3n) is 3.90. The van der Waals surface area contributed by atoms with Crippen LogP contribution in [-0.2, 0) is 4.79 Å². The summed E-state index contributed by atoms with van der Waals surface area (Å²) in [6.45, 7) is 0. The zero-order valence-electron chi connectivity index (χ0n) is 13.7. The van der Waals surface area contributed by atoms with Crippen molar-refractivity contribution in [3.8, 4) is 5.75 Å². The molecule has 0 saturated heterocycles. The molecular weight excluding hydrogens is 348 g/mol. The van der Waals surface area contributed by atoms with Crippen LogP contribution < -0.4 is 10.4 Å². The van der Waals surface area contributed by atoms with Gasteiger partial charge in [-0.1, -0.05) is 30.3 Å². The second kappa shape index (κ2) is 7.06. The minimum atomic E-state index is -0.437. The average molecular weight is 362 g/mol. The zero-order valence-corrected chi connectivity index (χ0v) is 14.5. The van der Waals surface area contributed by atoms with Gasteiger partial charge in [0.2, 0.25) is 0 Å². The molecule has 0 N–H and O–H groups in total. The fourth-order valence-corrected chi connectivity index (χ4v) is 3.38.